The average molecular weight is 376 g/mol. The zero-order valence-corrected chi connectivity index (χ0v) is 16.2. The van der Waals surface area contributed by atoms with Gasteiger partial charge in [-0.05, 0) is 65.4 Å². The molecule has 0 saturated carbocycles. The van der Waals surface area contributed by atoms with Gasteiger partial charge in [-0.1, -0.05) is 50.2 Å². The molecule has 0 N–H and O–H groups in total. The van der Waals surface area contributed by atoms with Crippen LogP contribution in [0.2, 0.25) is 0 Å². The normalized spacial score (nSPS) is 16.1. The largest absolute Gasteiger partial charge is 0.480 e. The molecular formula is C25H22F2O. The summed E-state index contributed by atoms with van der Waals surface area (Å²) < 4.78 is 33.7. The van der Waals surface area contributed by atoms with Crippen LogP contribution >= 0.6 is 0 Å². The van der Waals surface area contributed by atoms with Crippen LogP contribution in [0.25, 0.3) is 11.1 Å². The molecule has 0 saturated heterocycles. The van der Waals surface area contributed by atoms with Gasteiger partial charge in [-0.2, -0.15) is 0 Å². The number of hydrogen-bond donors (Lipinski definition) is 0. The molecule has 1 atom stereocenters. The van der Waals surface area contributed by atoms with E-state index in [1.807, 2.05) is 6.92 Å². The Morgan fingerprint density at radius 3 is 2.11 bits per heavy atom. The molecule has 1 unspecified atom stereocenters. The van der Waals surface area contributed by atoms with Crippen LogP contribution in [-0.2, 0) is 0 Å². The van der Waals surface area contributed by atoms with E-state index in [1.54, 1.807) is 18.2 Å². The Morgan fingerprint density at radius 2 is 1.46 bits per heavy atom. The van der Waals surface area contributed by atoms with E-state index in [0.29, 0.717) is 11.7 Å². The van der Waals surface area contributed by atoms with Crippen molar-refractivity contribution in [3.8, 4) is 5.75 Å². The van der Waals surface area contributed by atoms with E-state index in [2.05, 4.69) is 38.1 Å². The zero-order chi connectivity index (χ0) is 19.8. The zero-order valence-electron chi connectivity index (χ0n) is 16.2. The molecule has 1 heterocycles. The van der Waals surface area contributed by atoms with Gasteiger partial charge in [0, 0.05) is 11.1 Å². The maximum atomic E-state index is 13.9. The Kier molecular flexibility index (Phi) is 4.76. The van der Waals surface area contributed by atoms with Gasteiger partial charge in [0.05, 0.1) is 0 Å². The second kappa shape index (κ2) is 7.23. The van der Waals surface area contributed by atoms with Crippen LogP contribution < -0.4 is 4.74 Å². The molecule has 142 valence electrons. The molecule has 3 aromatic carbocycles. The molecule has 0 aliphatic carbocycles. The monoisotopic (exact) mass is 376 g/mol. The van der Waals surface area contributed by atoms with E-state index in [-0.39, 0.29) is 17.7 Å². The fraction of sp³-hybridized carbons (Fsp3) is 0.200. The maximum absolute atomic E-state index is 13.9. The van der Waals surface area contributed by atoms with Crippen LogP contribution in [0.4, 0.5) is 8.78 Å². The maximum Gasteiger partial charge on any atom is 0.150 e. The highest BCUT2D eigenvalue weighted by molar-refractivity contribution is 5.95. The first kappa shape index (κ1) is 18.4. The summed E-state index contributed by atoms with van der Waals surface area (Å²) in [5.41, 5.74) is 5.73. The highest BCUT2D eigenvalue weighted by Crippen LogP contribution is 2.46. The first-order valence-electron chi connectivity index (χ1n) is 9.47. The second-order valence-corrected chi connectivity index (χ2v) is 7.51. The molecule has 0 radical (unpaired) electrons. The predicted octanol–water partition coefficient (Wildman–Crippen LogP) is 7.15. The quantitative estimate of drug-likeness (QED) is 0.471. The molecule has 0 aromatic heterocycles. The molecule has 0 fully saturated rings. The van der Waals surface area contributed by atoms with Gasteiger partial charge in [-0.3, -0.25) is 0 Å². The van der Waals surface area contributed by atoms with Gasteiger partial charge < -0.3 is 4.74 Å². The molecular weight excluding hydrogens is 354 g/mol. The molecule has 1 aliphatic rings. The van der Waals surface area contributed by atoms with Crippen LogP contribution in [0.1, 0.15) is 55.0 Å². The summed E-state index contributed by atoms with van der Waals surface area (Å²) in [4.78, 5) is 0. The summed E-state index contributed by atoms with van der Waals surface area (Å²) in [6.45, 7) is 6.28. The second-order valence-electron chi connectivity index (χ2n) is 7.51. The van der Waals surface area contributed by atoms with E-state index < -0.39 is 0 Å². The third-order valence-corrected chi connectivity index (χ3v) is 5.32. The fourth-order valence-corrected chi connectivity index (χ4v) is 3.71. The van der Waals surface area contributed by atoms with Gasteiger partial charge in [0.2, 0.25) is 0 Å². The highest BCUT2D eigenvalue weighted by Gasteiger charge is 2.29. The van der Waals surface area contributed by atoms with Crippen LogP contribution in [0.15, 0.2) is 66.7 Å². The Morgan fingerprint density at radius 1 is 0.821 bits per heavy atom. The number of rotatable bonds is 3. The SMILES string of the molecule is CC1=C(c2ccc(F)cc2)C(c2ccc(C(C)C)cc2)Oc2ccc(F)cc21. The molecule has 0 amide bonds. The van der Waals surface area contributed by atoms with Crippen molar-refractivity contribution >= 4 is 11.1 Å². The minimum Gasteiger partial charge on any atom is -0.480 e. The summed E-state index contributed by atoms with van der Waals surface area (Å²) in [6, 6.07) is 19.3. The Labute approximate surface area is 164 Å². The van der Waals surface area contributed by atoms with Gasteiger partial charge in [0.1, 0.15) is 23.5 Å². The third kappa shape index (κ3) is 3.33. The molecule has 1 aliphatic heterocycles. The van der Waals surface area contributed by atoms with E-state index in [9.17, 15) is 8.78 Å². The summed E-state index contributed by atoms with van der Waals surface area (Å²) >= 11 is 0. The number of ether oxygens (including phenoxy) is 1. The standard InChI is InChI=1S/C25H22F2O/c1-15(2)17-4-6-19(7-5-17)25-24(18-8-10-20(26)11-9-18)16(3)22-14-21(27)12-13-23(22)28-25/h4-15,25H,1-3H3. The van der Waals surface area contributed by atoms with Crippen molar-refractivity contribution in [2.24, 2.45) is 0 Å². The number of allylic oxidation sites excluding steroid dienone is 1. The average Bonchev–Trinajstić information content (AvgIpc) is 2.69. The van der Waals surface area contributed by atoms with Crippen molar-refractivity contribution in [2.75, 3.05) is 0 Å². The lowest BCUT2D eigenvalue weighted by Gasteiger charge is -2.31. The first-order chi connectivity index (χ1) is 13.4. The van der Waals surface area contributed by atoms with E-state index >= 15 is 0 Å². The summed E-state index contributed by atoms with van der Waals surface area (Å²) in [5.74, 6) is 0.504. The van der Waals surface area contributed by atoms with E-state index in [4.69, 9.17) is 4.74 Å². The van der Waals surface area contributed by atoms with Crippen molar-refractivity contribution in [1.29, 1.82) is 0 Å². The fourth-order valence-electron chi connectivity index (χ4n) is 3.71. The summed E-state index contributed by atoms with van der Waals surface area (Å²) in [7, 11) is 0. The number of halogens is 2. The van der Waals surface area contributed by atoms with Crippen molar-refractivity contribution < 1.29 is 13.5 Å². The first-order valence-corrected chi connectivity index (χ1v) is 9.47. The molecule has 3 aromatic rings. The molecule has 4 rings (SSSR count). The van der Waals surface area contributed by atoms with Gasteiger partial charge in [0.25, 0.3) is 0 Å². The lowest BCUT2D eigenvalue weighted by atomic mass is 9.85. The smallest absolute Gasteiger partial charge is 0.150 e. The van der Waals surface area contributed by atoms with Gasteiger partial charge >= 0.3 is 0 Å². The highest BCUT2D eigenvalue weighted by atomic mass is 19.1. The predicted molar refractivity (Wildman–Crippen MR) is 109 cm³/mol. The van der Waals surface area contributed by atoms with Gasteiger partial charge in [-0.25, -0.2) is 8.78 Å². The molecule has 28 heavy (non-hydrogen) atoms. The van der Waals surface area contributed by atoms with Gasteiger partial charge in [0.15, 0.2) is 0 Å². The molecule has 0 bridgehead atoms. The van der Waals surface area contributed by atoms with Gasteiger partial charge in [-0.15, -0.1) is 0 Å². The van der Waals surface area contributed by atoms with Crippen molar-refractivity contribution in [1.82, 2.24) is 0 Å². The van der Waals surface area contributed by atoms with Crippen LogP contribution in [0, 0.1) is 11.6 Å². The Bertz CT molecular complexity index is 1030. The van der Waals surface area contributed by atoms with Crippen molar-refractivity contribution in [3.05, 3.63) is 101 Å². The lowest BCUT2D eigenvalue weighted by molar-refractivity contribution is 0.259. The summed E-state index contributed by atoms with van der Waals surface area (Å²) in [5, 5.41) is 0. The van der Waals surface area contributed by atoms with E-state index in [1.165, 1.54) is 29.8 Å². The van der Waals surface area contributed by atoms with E-state index in [0.717, 1.165) is 27.8 Å². The van der Waals surface area contributed by atoms with Crippen molar-refractivity contribution in [2.45, 2.75) is 32.8 Å². The molecule has 3 heteroatoms. The Balaban J connectivity index is 1.88. The van der Waals surface area contributed by atoms with Crippen LogP contribution in [-0.4, -0.2) is 0 Å². The molecule has 0 spiro atoms. The lowest BCUT2D eigenvalue weighted by Crippen LogP contribution is -2.16. The number of hydrogen-bond acceptors (Lipinski definition) is 1. The number of benzene rings is 3. The number of fused-ring (bicyclic) bond motifs is 1. The molecule has 1 nitrogen and oxygen atoms in total. The van der Waals surface area contributed by atoms with Crippen LogP contribution in [0.5, 0.6) is 5.75 Å². The third-order valence-electron chi connectivity index (χ3n) is 5.32. The van der Waals surface area contributed by atoms with Crippen LogP contribution in [0.3, 0.4) is 0 Å². The summed E-state index contributed by atoms with van der Waals surface area (Å²) in [6.07, 6.45) is -0.343. The minimum absolute atomic E-state index is 0.289. The Hall–Kier alpha value is -2.94. The van der Waals surface area contributed by atoms with Crippen molar-refractivity contribution in [3.63, 3.8) is 0 Å². The topological polar surface area (TPSA) is 9.23 Å². The minimum atomic E-state index is -0.343.